The molecule has 214 valence electrons. The Hall–Kier alpha value is -4.58. The number of imidazole rings is 1. The first-order valence-electron chi connectivity index (χ1n) is 12.3. The molecule has 5 rings (SSSR count). The molecule has 2 atom stereocenters. The van der Waals surface area contributed by atoms with Gasteiger partial charge in [0.2, 0.25) is 23.4 Å². The number of amides is 3. The van der Waals surface area contributed by atoms with Gasteiger partial charge >= 0.3 is 5.97 Å². The number of carbonyl (C=O) groups excluding carboxylic acids is 3. The average molecular weight is 602 g/mol. The molecule has 0 bridgehead atoms. The molecular formula is C23H25N10O6S2+. The maximum atomic E-state index is 13.1. The van der Waals surface area contributed by atoms with E-state index in [0.717, 1.165) is 11.5 Å². The lowest BCUT2D eigenvalue weighted by atomic mass is 10.0. The van der Waals surface area contributed by atoms with Crippen LogP contribution in [0.5, 0.6) is 0 Å². The summed E-state index contributed by atoms with van der Waals surface area (Å²) in [6.07, 6.45) is 4.57. The van der Waals surface area contributed by atoms with Crippen LogP contribution in [-0.4, -0.2) is 83.0 Å². The van der Waals surface area contributed by atoms with Gasteiger partial charge in [-0.3, -0.25) is 24.6 Å². The number of nitrogens with zero attached hydrogens (tertiary/aromatic N) is 6. The lowest BCUT2D eigenvalue weighted by Gasteiger charge is -2.49. The van der Waals surface area contributed by atoms with Crippen LogP contribution in [0, 0.1) is 0 Å². The van der Waals surface area contributed by atoms with Crippen molar-refractivity contribution in [2.45, 2.75) is 37.7 Å². The third-order valence-corrected chi connectivity index (χ3v) is 8.06. The minimum Gasteiger partial charge on any atom is -0.477 e. The van der Waals surface area contributed by atoms with E-state index < -0.39 is 29.2 Å². The molecule has 18 heteroatoms. The summed E-state index contributed by atoms with van der Waals surface area (Å²) in [4.78, 5) is 67.4. The zero-order chi connectivity index (χ0) is 29.3. The van der Waals surface area contributed by atoms with Gasteiger partial charge in [0.1, 0.15) is 35.3 Å². The van der Waals surface area contributed by atoms with E-state index in [1.54, 1.807) is 23.0 Å². The lowest BCUT2D eigenvalue weighted by Crippen LogP contribution is -2.71. The van der Waals surface area contributed by atoms with Gasteiger partial charge < -0.3 is 26.0 Å². The van der Waals surface area contributed by atoms with Crippen LogP contribution in [0.25, 0.3) is 11.0 Å². The minimum atomic E-state index is -1.25. The number of fused-ring (bicyclic) bond motifs is 2. The zero-order valence-electron chi connectivity index (χ0n) is 21.8. The smallest absolute Gasteiger partial charge is 0.352 e. The van der Waals surface area contributed by atoms with Crippen molar-refractivity contribution in [3.05, 3.63) is 35.6 Å². The molecule has 2 aliphatic heterocycles. The van der Waals surface area contributed by atoms with Crippen LogP contribution in [0.3, 0.4) is 0 Å². The van der Waals surface area contributed by atoms with Crippen LogP contribution in [0.15, 0.2) is 34.9 Å². The number of anilines is 2. The fraction of sp³-hybridized carbons (Fsp3) is 0.348. The summed E-state index contributed by atoms with van der Waals surface area (Å²) in [6.45, 7) is 2.10. The summed E-state index contributed by atoms with van der Waals surface area (Å²) >= 11 is 2.20. The second-order valence-corrected chi connectivity index (χ2v) is 10.9. The van der Waals surface area contributed by atoms with Crippen LogP contribution < -0.4 is 20.9 Å². The van der Waals surface area contributed by atoms with Gasteiger partial charge in [-0.1, -0.05) is 12.1 Å². The number of rotatable bonds is 10. The number of H-pyrrole nitrogens is 1. The molecule has 16 nitrogen and oxygen atoms in total. The van der Waals surface area contributed by atoms with E-state index in [-0.39, 0.29) is 34.8 Å². The Morgan fingerprint density at radius 1 is 1.37 bits per heavy atom. The van der Waals surface area contributed by atoms with Crippen molar-refractivity contribution in [2.24, 2.45) is 5.16 Å². The molecule has 3 aromatic rings. The topological polar surface area (TPSA) is 222 Å². The van der Waals surface area contributed by atoms with Crippen LogP contribution in [0.4, 0.5) is 11.1 Å². The van der Waals surface area contributed by atoms with Crippen LogP contribution in [0.1, 0.15) is 25.6 Å². The molecule has 3 amide bonds. The molecule has 41 heavy (non-hydrogen) atoms. The minimum absolute atomic E-state index is 0.0538. The Morgan fingerprint density at radius 2 is 2.17 bits per heavy atom. The lowest BCUT2D eigenvalue weighted by molar-refractivity contribution is -0.687. The largest absolute Gasteiger partial charge is 0.477 e. The highest BCUT2D eigenvalue weighted by Gasteiger charge is 2.55. The maximum absolute atomic E-state index is 13.1. The Labute approximate surface area is 240 Å². The molecule has 6 N–H and O–H groups in total. The number of nitrogen functional groups attached to an aromatic ring is 1. The van der Waals surface area contributed by atoms with Crippen molar-refractivity contribution in [1.82, 2.24) is 29.5 Å². The standard InChI is InChI=1S/C23H24N10O6S2/c1-3-4-13(34)27-23-25-11-5-6-32(8-12(11)26-23)7-10-9-40-20-15(19(36)33(20)16(10)21(37)38)28-18(35)14(30-39-2)17-29-22(24)41-31-17/h5-6,8,15,20H,3-4,7,9H2,1-2H3,(H5,24,26,27,28,29,31,34,35,37,38)/p+1/t15?,20-/m0/s1. The van der Waals surface area contributed by atoms with E-state index in [1.165, 1.54) is 23.8 Å². The molecule has 5 heterocycles. The number of thioether (sulfide) groups is 1. The van der Waals surface area contributed by atoms with Crippen molar-refractivity contribution < 1.29 is 33.7 Å². The van der Waals surface area contributed by atoms with Gasteiger partial charge in [0.15, 0.2) is 24.1 Å². The van der Waals surface area contributed by atoms with Crippen molar-refractivity contribution >= 4 is 74.8 Å². The van der Waals surface area contributed by atoms with Crippen LogP contribution in [0.2, 0.25) is 0 Å². The number of carboxylic acids is 1. The number of nitrogens with one attached hydrogen (secondary N) is 3. The quantitative estimate of drug-likeness (QED) is 0.0887. The average Bonchev–Trinajstić information content (AvgIpc) is 3.54. The Morgan fingerprint density at radius 3 is 2.85 bits per heavy atom. The van der Waals surface area contributed by atoms with E-state index in [0.29, 0.717) is 41.1 Å². The molecule has 0 spiro atoms. The zero-order valence-corrected chi connectivity index (χ0v) is 23.4. The van der Waals surface area contributed by atoms with Crippen LogP contribution >= 0.6 is 23.3 Å². The van der Waals surface area contributed by atoms with Crippen molar-refractivity contribution in [3.8, 4) is 0 Å². The van der Waals surface area contributed by atoms with Gasteiger partial charge in [-0.2, -0.15) is 13.9 Å². The molecule has 1 fully saturated rings. The summed E-state index contributed by atoms with van der Waals surface area (Å²) in [5, 5.41) is 18.5. The van der Waals surface area contributed by atoms with Crippen molar-refractivity contribution in [1.29, 1.82) is 0 Å². The fourth-order valence-corrected chi connectivity index (χ4v) is 6.19. The van der Waals surface area contributed by atoms with Gasteiger partial charge in [-0.25, -0.2) is 9.78 Å². The number of aromatic amines is 1. The Kier molecular flexibility index (Phi) is 7.84. The van der Waals surface area contributed by atoms with Gasteiger partial charge in [0.25, 0.3) is 11.8 Å². The monoisotopic (exact) mass is 601 g/mol. The molecule has 3 aromatic heterocycles. The number of carboxylic acid groups (broad SMARTS) is 1. The first kappa shape index (κ1) is 28.0. The third-order valence-electron chi connectivity index (χ3n) is 6.18. The predicted molar refractivity (Wildman–Crippen MR) is 147 cm³/mol. The number of β-lactam (4-membered cyclic amide) rings is 1. The highest BCUT2D eigenvalue weighted by molar-refractivity contribution is 8.00. The van der Waals surface area contributed by atoms with Crippen molar-refractivity contribution in [3.63, 3.8) is 0 Å². The number of oxime groups is 1. The van der Waals surface area contributed by atoms with E-state index in [2.05, 4.69) is 35.1 Å². The number of nitrogens with two attached hydrogens (primary N) is 1. The van der Waals surface area contributed by atoms with E-state index >= 15 is 0 Å². The number of carbonyl (C=O) groups is 4. The number of aromatic nitrogens is 5. The molecule has 0 radical (unpaired) electrons. The highest BCUT2D eigenvalue weighted by Crippen LogP contribution is 2.40. The molecular weight excluding hydrogens is 576 g/mol. The number of hydrogen-bond donors (Lipinski definition) is 5. The predicted octanol–water partition coefficient (Wildman–Crippen LogP) is -0.188. The fourth-order valence-electron chi connectivity index (χ4n) is 4.42. The second kappa shape index (κ2) is 11.5. The van der Waals surface area contributed by atoms with Crippen molar-refractivity contribution in [2.75, 3.05) is 23.9 Å². The van der Waals surface area contributed by atoms with Gasteiger partial charge in [0.05, 0.1) is 0 Å². The molecule has 0 saturated carbocycles. The van der Waals surface area contributed by atoms with Gasteiger partial charge in [0, 0.05) is 35.3 Å². The molecule has 2 aliphatic rings. The van der Waals surface area contributed by atoms with E-state index in [9.17, 15) is 24.3 Å². The number of pyridine rings is 1. The van der Waals surface area contributed by atoms with E-state index in [1.807, 2.05) is 6.92 Å². The third kappa shape index (κ3) is 5.55. The first-order valence-corrected chi connectivity index (χ1v) is 14.1. The normalized spacial score (nSPS) is 18.6. The molecule has 0 aromatic carbocycles. The summed E-state index contributed by atoms with van der Waals surface area (Å²) in [6, 6.07) is 0.752. The highest BCUT2D eigenvalue weighted by atomic mass is 32.2. The summed E-state index contributed by atoms with van der Waals surface area (Å²) in [7, 11) is 1.24. The number of aliphatic carboxylic acids is 1. The first-order chi connectivity index (χ1) is 19.7. The van der Waals surface area contributed by atoms with Gasteiger partial charge in [-0.15, -0.1) is 11.8 Å². The SMILES string of the molecule is CCCC(=O)Nc1nc2cc[n+](CC3=C(C(=O)O)N4C(=O)C(NC(=O)C(=NOC)c5nsc(N)n5)[C@@H]4SC3)cc2[nH]1. The van der Waals surface area contributed by atoms with E-state index in [4.69, 9.17) is 10.6 Å². The Balaban J connectivity index is 1.32. The maximum Gasteiger partial charge on any atom is 0.352 e. The summed E-state index contributed by atoms with van der Waals surface area (Å²) < 4.78 is 5.72. The summed E-state index contributed by atoms with van der Waals surface area (Å²) in [5.74, 6) is -2.16. The summed E-state index contributed by atoms with van der Waals surface area (Å²) in [5.41, 5.74) is 6.99. The molecule has 1 unspecified atom stereocenters. The molecule has 0 aliphatic carbocycles. The van der Waals surface area contributed by atoms with Crippen LogP contribution in [-0.2, 0) is 30.6 Å². The second-order valence-electron chi connectivity index (χ2n) is 9.00. The van der Waals surface area contributed by atoms with Gasteiger partial charge in [-0.05, 0) is 6.42 Å². The Bertz CT molecular complexity index is 1610. The number of hydrogen-bond acceptors (Lipinski definition) is 12. The molecule has 1 saturated heterocycles.